The van der Waals surface area contributed by atoms with Crippen LogP contribution in [0.5, 0.6) is 0 Å². The van der Waals surface area contributed by atoms with Crippen molar-refractivity contribution in [3.05, 3.63) is 24.2 Å². The topological polar surface area (TPSA) is 82.8 Å². The molecule has 104 valence electrons. The first-order chi connectivity index (χ1) is 9.03. The zero-order chi connectivity index (χ0) is 13.9. The van der Waals surface area contributed by atoms with Crippen LogP contribution in [0.4, 0.5) is 0 Å². The number of carbonyl (C=O) groups excluding carboxylic acids is 1. The number of aliphatic carboxylic acids is 1. The molecule has 1 aromatic rings. The van der Waals surface area contributed by atoms with Gasteiger partial charge in [0.15, 0.2) is 0 Å². The molecule has 2 rings (SSSR count). The van der Waals surface area contributed by atoms with Gasteiger partial charge in [-0.1, -0.05) is 0 Å². The smallest absolute Gasteiger partial charge is 0.323 e. The second-order valence-corrected chi connectivity index (χ2v) is 4.92. The predicted octanol–water partition coefficient (Wildman–Crippen LogP) is 0.835. The monoisotopic (exact) mass is 266 g/mol. The molecule has 1 heterocycles. The Morgan fingerprint density at radius 1 is 1.53 bits per heavy atom. The summed E-state index contributed by atoms with van der Waals surface area (Å²) in [5, 5.41) is 12.0. The van der Waals surface area contributed by atoms with E-state index in [-0.39, 0.29) is 12.5 Å². The molecule has 1 amide bonds. The van der Waals surface area contributed by atoms with E-state index >= 15 is 0 Å². The van der Waals surface area contributed by atoms with E-state index in [4.69, 9.17) is 9.52 Å². The third-order valence-corrected chi connectivity index (χ3v) is 3.59. The second-order valence-electron chi connectivity index (χ2n) is 4.92. The minimum atomic E-state index is -0.902. The minimum absolute atomic E-state index is 0.0313. The van der Waals surface area contributed by atoms with Crippen molar-refractivity contribution in [3.63, 3.8) is 0 Å². The van der Waals surface area contributed by atoms with Crippen molar-refractivity contribution >= 4 is 11.9 Å². The molecule has 0 unspecified atom stereocenters. The molecule has 2 N–H and O–H groups in total. The van der Waals surface area contributed by atoms with Crippen molar-refractivity contribution in [1.29, 1.82) is 0 Å². The molecular formula is C13H18N2O4. The molecule has 1 aliphatic rings. The van der Waals surface area contributed by atoms with Crippen LogP contribution in [0.1, 0.15) is 25.0 Å². The fourth-order valence-electron chi connectivity index (χ4n) is 2.10. The number of nitrogens with one attached hydrogen (secondary N) is 1. The summed E-state index contributed by atoms with van der Waals surface area (Å²) in [4.78, 5) is 24.6. The molecule has 0 saturated heterocycles. The highest BCUT2D eigenvalue weighted by molar-refractivity contribution is 5.82. The highest BCUT2D eigenvalue weighted by atomic mass is 16.4. The number of nitrogens with zero attached hydrogens (tertiary/aromatic N) is 1. The highest BCUT2D eigenvalue weighted by Crippen LogP contribution is 2.31. The van der Waals surface area contributed by atoms with Gasteiger partial charge in [-0.15, -0.1) is 0 Å². The van der Waals surface area contributed by atoms with Gasteiger partial charge < -0.3 is 14.4 Å². The summed E-state index contributed by atoms with van der Waals surface area (Å²) in [6, 6.07) is 3.56. The van der Waals surface area contributed by atoms with Crippen molar-refractivity contribution in [2.24, 2.45) is 0 Å². The molecular weight excluding hydrogens is 248 g/mol. The van der Waals surface area contributed by atoms with Crippen molar-refractivity contribution in [3.8, 4) is 0 Å². The number of hydrogen-bond acceptors (Lipinski definition) is 4. The van der Waals surface area contributed by atoms with Gasteiger partial charge in [0.05, 0.1) is 19.4 Å². The molecule has 0 bridgehead atoms. The van der Waals surface area contributed by atoms with Crippen molar-refractivity contribution < 1.29 is 19.1 Å². The van der Waals surface area contributed by atoms with Crippen LogP contribution in [0.25, 0.3) is 0 Å². The third-order valence-electron chi connectivity index (χ3n) is 3.59. The largest absolute Gasteiger partial charge is 0.480 e. The average molecular weight is 266 g/mol. The number of rotatable bonds is 6. The number of likely N-dealkylation sites (N-methyl/N-ethyl adjacent to an activating group) is 1. The number of carbonyl (C=O) groups is 2. The van der Waals surface area contributed by atoms with E-state index in [2.05, 4.69) is 5.32 Å². The van der Waals surface area contributed by atoms with Gasteiger partial charge in [-0.25, -0.2) is 0 Å². The Morgan fingerprint density at radius 3 is 2.74 bits per heavy atom. The lowest BCUT2D eigenvalue weighted by Gasteiger charge is -2.38. The lowest BCUT2D eigenvalue weighted by molar-refractivity contribution is -0.149. The Kier molecular flexibility index (Phi) is 3.90. The number of amides is 1. The summed E-state index contributed by atoms with van der Waals surface area (Å²) in [6.45, 7) is 0.414. The van der Waals surface area contributed by atoms with Gasteiger partial charge in [-0.2, -0.15) is 0 Å². The van der Waals surface area contributed by atoms with Crippen molar-refractivity contribution in [1.82, 2.24) is 10.2 Å². The van der Waals surface area contributed by atoms with Gasteiger partial charge in [0.25, 0.3) is 0 Å². The standard InChI is InChI=1S/C13H18N2O4/c1-15(9-10-4-2-7-19-10)11(16)8-14-13(12(17)18)5-3-6-13/h2,4,7,14H,3,5-6,8-9H2,1H3,(H,17,18). The van der Waals surface area contributed by atoms with Crippen LogP contribution in [-0.2, 0) is 16.1 Å². The quantitative estimate of drug-likeness (QED) is 0.797. The summed E-state index contributed by atoms with van der Waals surface area (Å²) >= 11 is 0. The first kappa shape index (κ1) is 13.6. The molecule has 1 aliphatic carbocycles. The van der Waals surface area contributed by atoms with E-state index in [1.807, 2.05) is 0 Å². The normalized spacial score (nSPS) is 16.7. The van der Waals surface area contributed by atoms with Gasteiger partial charge in [-0.3, -0.25) is 14.9 Å². The molecule has 19 heavy (non-hydrogen) atoms. The number of hydrogen-bond donors (Lipinski definition) is 2. The average Bonchev–Trinajstić information content (AvgIpc) is 2.79. The second kappa shape index (κ2) is 5.44. The first-order valence-corrected chi connectivity index (χ1v) is 6.28. The number of furan rings is 1. The van der Waals surface area contributed by atoms with Crippen LogP contribution >= 0.6 is 0 Å². The molecule has 0 atom stereocenters. The summed E-state index contributed by atoms with van der Waals surface area (Å²) in [5.41, 5.74) is -0.902. The Bertz CT molecular complexity index is 451. The molecule has 1 fully saturated rings. The maximum atomic E-state index is 11.9. The van der Waals surface area contributed by atoms with Crippen LogP contribution in [0.2, 0.25) is 0 Å². The zero-order valence-corrected chi connectivity index (χ0v) is 10.9. The zero-order valence-electron chi connectivity index (χ0n) is 10.9. The molecule has 6 heteroatoms. The highest BCUT2D eigenvalue weighted by Gasteiger charge is 2.44. The summed E-state index contributed by atoms with van der Waals surface area (Å²) < 4.78 is 5.16. The maximum absolute atomic E-state index is 11.9. The number of carboxylic acids is 1. The minimum Gasteiger partial charge on any atom is -0.480 e. The number of carboxylic acid groups (broad SMARTS) is 1. The molecule has 1 aromatic heterocycles. The van der Waals surface area contributed by atoms with Crippen LogP contribution in [0, 0.1) is 0 Å². The fraction of sp³-hybridized carbons (Fsp3) is 0.538. The van der Waals surface area contributed by atoms with E-state index < -0.39 is 11.5 Å². The van der Waals surface area contributed by atoms with Gasteiger partial charge in [0.1, 0.15) is 11.3 Å². The molecule has 0 spiro atoms. The van der Waals surface area contributed by atoms with Gasteiger partial charge in [-0.05, 0) is 31.4 Å². The van der Waals surface area contributed by atoms with Crippen LogP contribution in [-0.4, -0.2) is 41.0 Å². The third kappa shape index (κ3) is 2.96. The van der Waals surface area contributed by atoms with E-state index in [1.54, 1.807) is 25.4 Å². The Labute approximate surface area is 111 Å². The van der Waals surface area contributed by atoms with Crippen molar-refractivity contribution in [2.45, 2.75) is 31.3 Å². The van der Waals surface area contributed by atoms with Gasteiger partial charge >= 0.3 is 5.97 Å². The van der Waals surface area contributed by atoms with E-state index in [0.717, 1.165) is 6.42 Å². The van der Waals surface area contributed by atoms with E-state index in [9.17, 15) is 9.59 Å². The predicted molar refractivity (Wildman–Crippen MR) is 67.4 cm³/mol. The summed E-state index contributed by atoms with van der Waals surface area (Å²) in [5.74, 6) is -0.323. The fourth-order valence-corrected chi connectivity index (χ4v) is 2.10. The van der Waals surface area contributed by atoms with Crippen LogP contribution < -0.4 is 5.32 Å². The van der Waals surface area contributed by atoms with E-state index in [0.29, 0.717) is 25.1 Å². The Balaban J connectivity index is 1.82. The first-order valence-electron chi connectivity index (χ1n) is 6.28. The SMILES string of the molecule is CN(Cc1ccco1)C(=O)CNC1(C(=O)O)CCC1. The van der Waals surface area contributed by atoms with Crippen LogP contribution in [0.15, 0.2) is 22.8 Å². The van der Waals surface area contributed by atoms with Crippen molar-refractivity contribution in [2.75, 3.05) is 13.6 Å². The lowest BCUT2D eigenvalue weighted by Crippen LogP contribution is -2.59. The maximum Gasteiger partial charge on any atom is 0.323 e. The van der Waals surface area contributed by atoms with Crippen LogP contribution in [0.3, 0.4) is 0 Å². The molecule has 0 aliphatic heterocycles. The molecule has 1 saturated carbocycles. The van der Waals surface area contributed by atoms with E-state index in [1.165, 1.54) is 4.90 Å². The Hall–Kier alpha value is -1.82. The Morgan fingerprint density at radius 2 is 2.26 bits per heavy atom. The van der Waals surface area contributed by atoms with Gasteiger partial charge in [0.2, 0.25) is 5.91 Å². The molecule has 6 nitrogen and oxygen atoms in total. The van der Waals surface area contributed by atoms with Gasteiger partial charge in [0, 0.05) is 7.05 Å². The summed E-state index contributed by atoms with van der Waals surface area (Å²) in [6.07, 6.45) is 3.60. The lowest BCUT2D eigenvalue weighted by atomic mass is 9.77. The summed E-state index contributed by atoms with van der Waals surface area (Å²) in [7, 11) is 1.67. The molecule has 0 aromatic carbocycles. The molecule has 0 radical (unpaired) electrons.